The zero-order chi connectivity index (χ0) is 31.7. The van der Waals surface area contributed by atoms with Crippen LogP contribution in [-0.4, -0.2) is 73.2 Å². The highest BCUT2D eigenvalue weighted by Crippen LogP contribution is 2.51. The number of anilines is 2. The van der Waals surface area contributed by atoms with Gasteiger partial charge in [0.05, 0.1) is 44.2 Å². The summed E-state index contributed by atoms with van der Waals surface area (Å²) in [6.45, 7) is -0.211. The summed E-state index contributed by atoms with van der Waals surface area (Å²) in [5, 5.41) is 15.7. The molecular formula is C35H41ClIN3O6. The van der Waals surface area contributed by atoms with E-state index >= 15 is 0 Å². The first kappa shape index (κ1) is 34.4. The number of amides is 2. The van der Waals surface area contributed by atoms with Gasteiger partial charge in [0.25, 0.3) is 0 Å². The molecule has 0 radical (unpaired) electrons. The molecule has 0 aliphatic carbocycles. The van der Waals surface area contributed by atoms with Crippen LogP contribution in [0.25, 0.3) is 11.1 Å². The largest absolute Gasteiger partial charge is 1.00 e. The number of nitrogens with zero attached hydrogens (tertiary/aromatic N) is 1. The maximum Gasteiger partial charge on any atom is 0.411 e. The second-order valence-corrected chi connectivity index (χ2v) is 13.2. The Kier molecular flexibility index (Phi) is 10.8. The minimum atomic E-state index is -0.436. The van der Waals surface area contributed by atoms with Crippen molar-refractivity contribution in [3.8, 4) is 16.9 Å². The second-order valence-electron chi connectivity index (χ2n) is 12.8. The van der Waals surface area contributed by atoms with Gasteiger partial charge in [0.1, 0.15) is 36.1 Å². The molecule has 3 heterocycles. The summed E-state index contributed by atoms with van der Waals surface area (Å²) in [7, 11) is 6.02. The Bertz CT molecular complexity index is 1550. The average Bonchev–Trinajstić information content (AvgIpc) is 3.79. The molecule has 5 atom stereocenters. The number of quaternary nitrogens is 1. The minimum Gasteiger partial charge on any atom is -1.00 e. The molecule has 0 unspecified atom stereocenters. The number of methoxy groups -OCH3 is 1. The predicted molar refractivity (Wildman–Crippen MR) is 173 cm³/mol. The van der Waals surface area contributed by atoms with Gasteiger partial charge in [-0.1, -0.05) is 54.1 Å². The molecule has 3 aliphatic rings. The maximum absolute atomic E-state index is 13.2. The van der Waals surface area contributed by atoms with Gasteiger partial charge >= 0.3 is 6.09 Å². The molecule has 46 heavy (non-hydrogen) atoms. The van der Waals surface area contributed by atoms with Crippen molar-refractivity contribution in [2.75, 3.05) is 31.8 Å². The molecule has 0 spiro atoms. The average molecular weight is 762 g/mol. The van der Waals surface area contributed by atoms with Crippen molar-refractivity contribution < 1.29 is 57.4 Å². The summed E-state index contributed by atoms with van der Waals surface area (Å²) in [6.07, 6.45) is 4.18. The van der Waals surface area contributed by atoms with Crippen LogP contribution in [0.15, 0.2) is 60.7 Å². The topological polar surface area (TPSA) is 109 Å². The molecule has 3 aromatic carbocycles. The van der Waals surface area contributed by atoms with Gasteiger partial charge in [-0.3, -0.25) is 10.1 Å². The monoisotopic (exact) mass is 761 g/mol. The summed E-state index contributed by atoms with van der Waals surface area (Å²) in [6, 6.07) is 20.0. The summed E-state index contributed by atoms with van der Waals surface area (Å²) >= 11 is 6.29. The molecule has 11 heteroatoms. The van der Waals surface area contributed by atoms with Crippen LogP contribution in [-0.2, 0) is 27.3 Å². The van der Waals surface area contributed by atoms with Crippen molar-refractivity contribution in [3.05, 3.63) is 76.8 Å². The van der Waals surface area contributed by atoms with E-state index in [-0.39, 0.29) is 42.6 Å². The molecule has 0 aromatic heterocycles. The molecule has 3 saturated heterocycles. The van der Waals surface area contributed by atoms with Gasteiger partial charge in [-0.2, -0.15) is 0 Å². The number of ether oxygens (including phenoxy) is 3. The number of rotatable bonds is 11. The Morgan fingerprint density at radius 1 is 0.978 bits per heavy atom. The van der Waals surface area contributed by atoms with Crippen molar-refractivity contribution in [1.29, 1.82) is 0 Å². The van der Waals surface area contributed by atoms with Crippen LogP contribution in [0.1, 0.15) is 43.2 Å². The van der Waals surface area contributed by atoms with E-state index in [1.807, 2.05) is 42.5 Å². The van der Waals surface area contributed by atoms with Gasteiger partial charge in [0.15, 0.2) is 0 Å². The van der Waals surface area contributed by atoms with Crippen molar-refractivity contribution in [2.24, 2.45) is 0 Å². The molecule has 0 saturated carbocycles. The number of aryl methyl sites for hydroxylation is 1. The number of aliphatic hydroxyl groups is 1. The lowest BCUT2D eigenvalue weighted by Crippen LogP contribution is -3.00. The third-order valence-electron chi connectivity index (χ3n) is 9.65. The number of epoxide rings is 1. The quantitative estimate of drug-likeness (QED) is 0.120. The van der Waals surface area contributed by atoms with Gasteiger partial charge in [-0.25, -0.2) is 4.79 Å². The number of piperidine rings is 1. The molecule has 3 aliphatic heterocycles. The summed E-state index contributed by atoms with van der Waals surface area (Å²) in [4.78, 5) is 25.8. The van der Waals surface area contributed by atoms with Gasteiger partial charge in [-0.05, 0) is 42.5 Å². The summed E-state index contributed by atoms with van der Waals surface area (Å²) < 4.78 is 18.1. The number of benzene rings is 3. The fraction of sp³-hybridized carbons (Fsp3) is 0.429. The molecule has 9 nitrogen and oxygen atoms in total. The summed E-state index contributed by atoms with van der Waals surface area (Å²) in [5.41, 5.74) is 4.69. The first-order valence-electron chi connectivity index (χ1n) is 15.6. The summed E-state index contributed by atoms with van der Waals surface area (Å²) in [5.74, 6) is 0.312. The van der Waals surface area contributed by atoms with Gasteiger partial charge < -0.3 is 53.1 Å². The van der Waals surface area contributed by atoms with Crippen molar-refractivity contribution in [3.63, 3.8) is 0 Å². The molecule has 3 N–H and O–H groups in total. The number of carbonyl (C=O) groups excluding carboxylic acids is 2. The van der Waals surface area contributed by atoms with Crippen LogP contribution in [0, 0.1) is 0 Å². The highest BCUT2D eigenvalue weighted by atomic mass is 127. The van der Waals surface area contributed by atoms with Crippen molar-refractivity contribution >= 4 is 35.0 Å². The van der Waals surface area contributed by atoms with E-state index in [2.05, 4.69) is 30.8 Å². The SMILES string of the molecule is COc1cc(NC(=O)CCCCc2ccc(-c3ccccc3)c(NC(=O)O[C@@H]3C[C@@H]4[C@H]5O[C@H]5[C@H](C3)[N+]4(C)C)c2)c(Cl)cc1CO.[I-]. The molecular weight excluding hydrogens is 721 g/mol. The van der Waals surface area contributed by atoms with E-state index in [1.165, 1.54) is 7.11 Å². The number of halogens is 2. The number of aliphatic hydroxyl groups excluding tert-OH is 1. The number of hydrogen-bond donors (Lipinski definition) is 3. The Morgan fingerprint density at radius 3 is 2.37 bits per heavy atom. The Balaban J connectivity index is 0.00000417. The zero-order valence-corrected chi connectivity index (χ0v) is 29.2. The van der Waals surface area contributed by atoms with Gasteiger partial charge in [0.2, 0.25) is 5.91 Å². The lowest BCUT2D eigenvalue weighted by atomic mass is 9.96. The zero-order valence-electron chi connectivity index (χ0n) is 26.3. The third-order valence-corrected chi connectivity index (χ3v) is 9.96. The van der Waals surface area contributed by atoms with E-state index in [9.17, 15) is 14.7 Å². The standard InChI is InChI=1S/C35H40ClN3O6.HI/c1-39(2)29-17-24(18-30(39)34-33(29)45-34)44-35(42)38-27-15-21(13-14-25(27)22-10-5-4-6-11-22)9-7-8-12-32(41)37-28-19-31(43-3)23(20-40)16-26(28)36;/h4-6,10-11,13-16,19,24,29-30,33-34,40H,7-9,12,17-18,20H2,1-3H3,(H-,37,38,41,42);1H/t24-,29-,30+,33-,34+;. The van der Waals surface area contributed by atoms with E-state index in [4.69, 9.17) is 25.8 Å². The lowest BCUT2D eigenvalue weighted by molar-refractivity contribution is -0.938. The Hall–Kier alpha value is -2.90. The second kappa shape index (κ2) is 14.5. The first-order chi connectivity index (χ1) is 21.7. The fourth-order valence-corrected chi connectivity index (χ4v) is 7.38. The number of fused-ring (bicyclic) bond motifs is 5. The van der Waals surface area contributed by atoms with Gasteiger partial charge in [-0.15, -0.1) is 0 Å². The number of unbranched alkanes of at least 4 members (excludes halogenated alkanes) is 1. The van der Waals surface area contributed by atoms with Crippen LogP contribution in [0.5, 0.6) is 5.75 Å². The molecule has 3 aromatic rings. The number of morpholine rings is 1. The number of carbonyl (C=O) groups is 2. The number of likely N-dealkylation sites (N-methyl/N-ethyl adjacent to an activating group) is 1. The van der Waals surface area contributed by atoms with E-state index in [0.717, 1.165) is 46.9 Å². The molecule has 2 amide bonds. The van der Waals surface area contributed by atoms with Crippen LogP contribution in [0.4, 0.5) is 16.2 Å². The maximum atomic E-state index is 13.2. The van der Waals surface area contributed by atoms with Crippen LogP contribution >= 0.6 is 11.6 Å². The lowest BCUT2D eigenvalue weighted by Gasteiger charge is -2.45. The highest BCUT2D eigenvalue weighted by molar-refractivity contribution is 6.33. The minimum absolute atomic E-state index is 0. The first-order valence-corrected chi connectivity index (χ1v) is 16.0. The normalized spacial score (nSPS) is 23.5. The number of hydrogen-bond acceptors (Lipinski definition) is 6. The smallest absolute Gasteiger partial charge is 0.411 e. The van der Waals surface area contributed by atoms with Crippen molar-refractivity contribution in [2.45, 2.75) is 75.5 Å². The van der Waals surface area contributed by atoms with E-state index < -0.39 is 6.09 Å². The van der Waals surface area contributed by atoms with Crippen LogP contribution < -0.4 is 39.3 Å². The van der Waals surface area contributed by atoms with E-state index in [0.29, 0.717) is 64.8 Å². The molecule has 6 rings (SSSR count). The van der Waals surface area contributed by atoms with Crippen LogP contribution in [0.2, 0.25) is 5.02 Å². The molecule has 246 valence electrons. The van der Waals surface area contributed by atoms with E-state index in [1.54, 1.807) is 12.1 Å². The molecule has 2 bridgehead atoms. The highest BCUT2D eigenvalue weighted by Gasteiger charge is 2.70. The Labute approximate surface area is 292 Å². The predicted octanol–water partition coefficient (Wildman–Crippen LogP) is 3.17. The number of nitrogens with one attached hydrogen (secondary N) is 2. The van der Waals surface area contributed by atoms with Crippen molar-refractivity contribution in [1.82, 2.24) is 0 Å². The van der Waals surface area contributed by atoms with Crippen LogP contribution in [0.3, 0.4) is 0 Å². The third kappa shape index (κ3) is 7.31. The molecule has 3 fully saturated rings. The van der Waals surface area contributed by atoms with Gasteiger partial charge in [0, 0.05) is 36.5 Å². The fourth-order valence-electron chi connectivity index (χ4n) is 7.14. The Morgan fingerprint density at radius 2 is 1.70 bits per heavy atom.